The highest BCUT2D eigenvalue weighted by molar-refractivity contribution is 4.88. The third-order valence-electron chi connectivity index (χ3n) is 1.60. The summed E-state index contributed by atoms with van der Waals surface area (Å²) in [5.41, 5.74) is 0. The molecule has 2 heteroatoms. The summed E-state index contributed by atoms with van der Waals surface area (Å²) in [6.07, 6.45) is 1.85. The van der Waals surface area contributed by atoms with E-state index in [0.717, 1.165) is 6.54 Å². The van der Waals surface area contributed by atoms with Crippen LogP contribution in [0.25, 0.3) is 0 Å². The Balaban J connectivity index is 3.81. The van der Waals surface area contributed by atoms with Crippen LogP contribution in [0.5, 0.6) is 0 Å². The van der Waals surface area contributed by atoms with Crippen molar-refractivity contribution in [3.8, 4) is 6.07 Å². The molecule has 0 radical (unpaired) electrons. The van der Waals surface area contributed by atoms with Gasteiger partial charge in [0.05, 0.1) is 12.6 Å². The molecule has 10 heavy (non-hydrogen) atoms. The smallest absolute Gasteiger partial charge is 0.0870 e. The summed E-state index contributed by atoms with van der Waals surface area (Å²) in [6, 6.07) is 2.42. The fourth-order valence-electron chi connectivity index (χ4n) is 0.784. The van der Waals surface area contributed by atoms with Crippen LogP contribution in [0.3, 0.4) is 0 Å². The van der Waals surface area contributed by atoms with Crippen molar-refractivity contribution in [2.75, 3.05) is 13.1 Å². The van der Waals surface area contributed by atoms with Gasteiger partial charge in [-0.2, -0.15) is 5.26 Å². The van der Waals surface area contributed by atoms with Crippen LogP contribution in [0, 0.1) is 11.3 Å². The molecule has 0 bridgehead atoms. The van der Waals surface area contributed by atoms with Gasteiger partial charge in [-0.15, -0.1) is 6.58 Å². The van der Waals surface area contributed by atoms with Gasteiger partial charge in [0.15, 0.2) is 0 Å². The summed E-state index contributed by atoms with van der Waals surface area (Å²) >= 11 is 0. The lowest BCUT2D eigenvalue weighted by molar-refractivity contribution is 0.285. The van der Waals surface area contributed by atoms with Crippen molar-refractivity contribution < 1.29 is 0 Å². The lowest BCUT2D eigenvalue weighted by atomic mass is 10.3. The molecule has 56 valence electrons. The monoisotopic (exact) mass is 138 g/mol. The average molecular weight is 138 g/mol. The van der Waals surface area contributed by atoms with Crippen molar-refractivity contribution in [1.29, 1.82) is 5.26 Å². The number of hydrogen-bond acceptors (Lipinski definition) is 2. The molecule has 0 N–H and O–H groups in total. The van der Waals surface area contributed by atoms with E-state index in [2.05, 4.69) is 12.6 Å². The van der Waals surface area contributed by atoms with Crippen LogP contribution in [-0.4, -0.2) is 24.0 Å². The molecular weight excluding hydrogens is 124 g/mol. The second-order valence-corrected chi connectivity index (χ2v) is 2.20. The molecule has 0 amide bonds. The first-order valence-electron chi connectivity index (χ1n) is 3.49. The zero-order valence-electron chi connectivity index (χ0n) is 6.67. The molecule has 0 aromatic carbocycles. The van der Waals surface area contributed by atoms with Gasteiger partial charge < -0.3 is 0 Å². The highest BCUT2D eigenvalue weighted by Crippen LogP contribution is 1.97. The standard InChI is InChI=1S/C8H14N2/c1-4-8(3)10(5-2)7-6-9/h4,8H,1,5,7H2,2-3H3. The van der Waals surface area contributed by atoms with E-state index in [1.165, 1.54) is 0 Å². The minimum atomic E-state index is 0.310. The fraction of sp³-hybridized carbons (Fsp3) is 0.625. The van der Waals surface area contributed by atoms with E-state index in [-0.39, 0.29) is 0 Å². The van der Waals surface area contributed by atoms with Crippen molar-refractivity contribution in [3.05, 3.63) is 12.7 Å². The topological polar surface area (TPSA) is 27.0 Å². The van der Waals surface area contributed by atoms with E-state index < -0.39 is 0 Å². The van der Waals surface area contributed by atoms with Crippen LogP contribution in [0.4, 0.5) is 0 Å². The van der Waals surface area contributed by atoms with Crippen molar-refractivity contribution >= 4 is 0 Å². The van der Waals surface area contributed by atoms with E-state index in [0.29, 0.717) is 12.6 Å². The summed E-state index contributed by atoms with van der Waals surface area (Å²) in [5, 5.41) is 8.39. The largest absolute Gasteiger partial charge is 0.285 e. The molecule has 0 aromatic heterocycles. The fourth-order valence-corrected chi connectivity index (χ4v) is 0.784. The summed E-state index contributed by atoms with van der Waals surface area (Å²) in [6.45, 7) is 9.13. The Kier molecular flexibility index (Phi) is 4.61. The quantitative estimate of drug-likeness (QED) is 0.434. The van der Waals surface area contributed by atoms with Gasteiger partial charge in [0.2, 0.25) is 0 Å². The molecule has 1 unspecified atom stereocenters. The highest BCUT2D eigenvalue weighted by Gasteiger charge is 2.05. The molecule has 0 saturated heterocycles. The van der Waals surface area contributed by atoms with E-state index in [1.807, 2.05) is 24.8 Å². The number of nitriles is 1. The van der Waals surface area contributed by atoms with Crippen molar-refractivity contribution in [3.63, 3.8) is 0 Å². The summed E-state index contributed by atoms with van der Waals surface area (Å²) in [5.74, 6) is 0. The Morgan fingerprint density at radius 1 is 1.80 bits per heavy atom. The molecule has 0 saturated carbocycles. The number of nitrogens with zero attached hydrogens (tertiary/aromatic N) is 2. The Labute approximate surface area is 62.8 Å². The van der Waals surface area contributed by atoms with Gasteiger partial charge in [-0.3, -0.25) is 4.90 Å². The number of hydrogen-bond donors (Lipinski definition) is 0. The van der Waals surface area contributed by atoms with Crippen LogP contribution in [0.1, 0.15) is 13.8 Å². The van der Waals surface area contributed by atoms with Gasteiger partial charge in [0.1, 0.15) is 0 Å². The van der Waals surface area contributed by atoms with Gasteiger partial charge in [-0.1, -0.05) is 13.0 Å². The number of likely N-dealkylation sites (N-methyl/N-ethyl adjacent to an activating group) is 1. The van der Waals surface area contributed by atoms with E-state index in [4.69, 9.17) is 5.26 Å². The van der Waals surface area contributed by atoms with Crippen LogP contribution in [0.2, 0.25) is 0 Å². The maximum Gasteiger partial charge on any atom is 0.0870 e. The van der Waals surface area contributed by atoms with E-state index in [1.54, 1.807) is 0 Å². The molecule has 1 atom stereocenters. The zero-order chi connectivity index (χ0) is 7.98. The second-order valence-electron chi connectivity index (χ2n) is 2.20. The maximum atomic E-state index is 8.39. The summed E-state index contributed by atoms with van der Waals surface area (Å²) in [7, 11) is 0. The highest BCUT2D eigenvalue weighted by atomic mass is 15.1. The minimum absolute atomic E-state index is 0.310. The second kappa shape index (κ2) is 5.01. The SMILES string of the molecule is C=CC(C)N(CC)CC#N. The van der Waals surface area contributed by atoms with Gasteiger partial charge >= 0.3 is 0 Å². The van der Waals surface area contributed by atoms with E-state index in [9.17, 15) is 0 Å². The third-order valence-corrected chi connectivity index (χ3v) is 1.60. The molecular formula is C8H14N2. The average Bonchev–Trinajstić information content (AvgIpc) is 1.99. The van der Waals surface area contributed by atoms with Crippen molar-refractivity contribution in [2.45, 2.75) is 19.9 Å². The predicted octanol–water partition coefficient (Wildman–Crippen LogP) is 1.41. The van der Waals surface area contributed by atoms with Crippen molar-refractivity contribution in [1.82, 2.24) is 4.90 Å². The Hall–Kier alpha value is -0.810. The molecule has 0 aliphatic heterocycles. The predicted molar refractivity (Wildman–Crippen MR) is 42.5 cm³/mol. The van der Waals surface area contributed by atoms with Crippen LogP contribution < -0.4 is 0 Å². The summed E-state index contributed by atoms with van der Waals surface area (Å²) < 4.78 is 0. The Morgan fingerprint density at radius 2 is 2.40 bits per heavy atom. The van der Waals surface area contributed by atoms with Gasteiger partial charge in [0.25, 0.3) is 0 Å². The molecule has 0 aliphatic carbocycles. The first kappa shape index (κ1) is 9.19. The first-order valence-corrected chi connectivity index (χ1v) is 3.49. The molecule has 0 heterocycles. The molecule has 2 nitrogen and oxygen atoms in total. The van der Waals surface area contributed by atoms with Gasteiger partial charge in [-0.05, 0) is 13.5 Å². The molecule has 0 spiro atoms. The zero-order valence-corrected chi connectivity index (χ0v) is 6.67. The van der Waals surface area contributed by atoms with Gasteiger partial charge in [-0.25, -0.2) is 0 Å². The number of rotatable bonds is 4. The molecule has 0 aromatic rings. The van der Waals surface area contributed by atoms with E-state index >= 15 is 0 Å². The van der Waals surface area contributed by atoms with Crippen LogP contribution in [-0.2, 0) is 0 Å². The Bertz CT molecular complexity index is 135. The minimum Gasteiger partial charge on any atom is -0.285 e. The first-order chi connectivity index (χ1) is 4.76. The normalized spacial score (nSPS) is 12.6. The van der Waals surface area contributed by atoms with Crippen molar-refractivity contribution in [2.24, 2.45) is 0 Å². The third kappa shape index (κ3) is 2.65. The lowest BCUT2D eigenvalue weighted by Gasteiger charge is -2.21. The maximum absolute atomic E-state index is 8.39. The molecule has 0 aliphatic rings. The summed E-state index contributed by atoms with van der Waals surface area (Å²) in [4.78, 5) is 2.05. The van der Waals surface area contributed by atoms with Gasteiger partial charge in [0, 0.05) is 6.04 Å². The lowest BCUT2D eigenvalue weighted by Crippen LogP contribution is -2.31. The van der Waals surface area contributed by atoms with Crippen LogP contribution >= 0.6 is 0 Å². The Morgan fingerprint density at radius 3 is 2.70 bits per heavy atom. The molecule has 0 rings (SSSR count). The molecule has 0 fully saturated rings. The van der Waals surface area contributed by atoms with Crippen LogP contribution in [0.15, 0.2) is 12.7 Å².